The summed E-state index contributed by atoms with van der Waals surface area (Å²) in [4.78, 5) is 15.0. The number of aromatic nitrogens is 1. The third-order valence-corrected chi connectivity index (χ3v) is 3.66. The lowest BCUT2D eigenvalue weighted by Crippen LogP contribution is -2.21. The maximum Gasteiger partial charge on any atom is 0.304 e. The number of nitrogens with two attached hydrogens (primary N) is 1. The molecule has 0 aliphatic heterocycles. The Balaban J connectivity index is 1.73. The molecule has 0 aliphatic carbocycles. The number of amides is 1. The van der Waals surface area contributed by atoms with E-state index >= 15 is 0 Å². The number of ether oxygens (including phenoxy) is 1. The molecule has 0 aliphatic rings. The van der Waals surface area contributed by atoms with Crippen LogP contribution >= 0.6 is 0 Å². The summed E-state index contributed by atoms with van der Waals surface area (Å²) in [6, 6.07) is 15.0. The molecule has 0 fully saturated rings. The van der Waals surface area contributed by atoms with Crippen molar-refractivity contribution >= 4 is 28.3 Å². The highest BCUT2D eigenvalue weighted by atomic mass is 16.5. The van der Waals surface area contributed by atoms with Crippen LogP contribution in [0, 0.1) is 6.92 Å². The minimum absolute atomic E-state index is 0.457. The molecule has 1 unspecified atom stereocenters. The van der Waals surface area contributed by atoms with Gasteiger partial charge in [0.25, 0.3) is 0 Å². The Kier molecular flexibility index (Phi) is 4.29. The van der Waals surface area contributed by atoms with Crippen molar-refractivity contribution in [3.05, 3.63) is 54.1 Å². The molecule has 6 heteroatoms. The molecule has 122 valence electrons. The number of anilines is 1. The maximum absolute atomic E-state index is 12.1. The number of aromatic amines is 1. The molecule has 1 heterocycles. The molecule has 6 nitrogen and oxygen atoms in total. The van der Waals surface area contributed by atoms with E-state index in [0.29, 0.717) is 17.4 Å². The SMILES string of the molecule is Cc1ccc(OC(C)C(=O)N=Nc2[nH]c(N)c3ccccc23)cc1. The fraction of sp³-hybridized carbons (Fsp3) is 0.167. The van der Waals surface area contributed by atoms with Gasteiger partial charge in [-0.05, 0) is 26.0 Å². The lowest BCUT2D eigenvalue weighted by molar-refractivity contribution is -0.124. The minimum Gasteiger partial charge on any atom is -0.481 e. The summed E-state index contributed by atoms with van der Waals surface area (Å²) in [5.74, 6) is 1.11. The van der Waals surface area contributed by atoms with Crippen LogP contribution in [-0.2, 0) is 4.79 Å². The number of carbonyl (C=O) groups excluding carboxylic acids is 1. The number of nitrogens with zero attached hydrogens (tertiary/aromatic N) is 2. The van der Waals surface area contributed by atoms with Gasteiger partial charge < -0.3 is 15.5 Å². The molecule has 1 aromatic heterocycles. The van der Waals surface area contributed by atoms with E-state index in [1.165, 1.54) is 0 Å². The predicted octanol–water partition coefficient (Wildman–Crippen LogP) is 4.14. The second kappa shape index (κ2) is 6.54. The Bertz CT molecular complexity index is 897. The van der Waals surface area contributed by atoms with Gasteiger partial charge in [-0.2, -0.15) is 0 Å². The molecular weight excluding hydrogens is 304 g/mol. The number of H-pyrrole nitrogens is 1. The molecule has 0 saturated heterocycles. The molecule has 3 rings (SSSR count). The Hall–Kier alpha value is -3.15. The minimum atomic E-state index is -0.727. The molecule has 0 spiro atoms. The van der Waals surface area contributed by atoms with Crippen molar-refractivity contribution < 1.29 is 9.53 Å². The number of nitrogen functional groups attached to an aromatic ring is 1. The fourth-order valence-electron chi connectivity index (χ4n) is 2.32. The van der Waals surface area contributed by atoms with Crippen LogP contribution in [-0.4, -0.2) is 17.0 Å². The van der Waals surface area contributed by atoms with E-state index in [4.69, 9.17) is 10.5 Å². The zero-order chi connectivity index (χ0) is 17.1. The van der Waals surface area contributed by atoms with Gasteiger partial charge in [0.15, 0.2) is 11.9 Å². The Morgan fingerprint density at radius 1 is 1.12 bits per heavy atom. The quantitative estimate of drug-likeness (QED) is 0.707. The van der Waals surface area contributed by atoms with Crippen LogP contribution in [0.25, 0.3) is 10.8 Å². The van der Waals surface area contributed by atoms with Gasteiger partial charge in [0.1, 0.15) is 11.6 Å². The van der Waals surface area contributed by atoms with Crippen LogP contribution in [0.2, 0.25) is 0 Å². The first-order chi connectivity index (χ1) is 11.5. The average molecular weight is 322 g/mol. The Morgan fingerprint density at radius 3 is 2.50 bits per heavy atom. The van der Waals surface area contributed by atoms with Gasteiger partial charge >= 0.3 is 5.91 Å². The maximum atomic E-state index is 12.1. The molecule has 0 bridgehead atoms. The summed E-state index contributed by atoms with van der Waals surface area (Å²) in [7, 11) is 0. The first-order valence-corrected chi connectivity index (χ1v) is 7.59. The van der Waals surface area contributed by atoms with Gasteiger partial charge in [0.05, 0.1) is 0 Å². The van der Waals surface area contributed by atoms with Gasteiger partial charge in [-0.25, -0.2) is 0 Å². The first-order valence-electron chi connectivity index (χ1n) is 7.59. The molecule has 0 saturated carbocycles. The number of carbonyl (C=O) groups is 1. The number of hydrogen-bond acceptors (Lipinski definition) is 4. The number of aryl methyl sites for hydroxylation is 1. The van der Waals surface area contributed by atoms with Crippen molar-refractivity contribution in [2.75, 3.05) is 5.73 Å². The highest BCUT2D eigenvalue weighted by Crippen LogP contribution is 2.30. The van der Waals surface area contributed by atoms with Crippen molar-refractivity contribution in [2.45, 2.75) is 20.0 Å². The summed E-state index contributed by atoms with van der Waals surface area (Å²) in [5, 5.41) is 9.41. The fourth-order valence-corrected chi connectivity index (χ4v) is 2.32. The lowest BCUT2D eigenvalue weighted by Gasteiger charge is -2.10. The van der Waals surface area contributed by atoms with E-state index < -0.39 is 12.0 Å². The molecule has 24 heavy (non-hydrogen) atoms. The van der Waals surface area contributed by atoms with Gasteiger partial charge in [0.2, 0.25) is 0 Å². The van der Waals surface area contributed by atoms with Gasteiger partial charge in [-0.1, -0.05) is 42.0 Å². The molecular formula is C18H18N4O2. The van der Waals surface area contributed by atoms with Crippen molar-refractivity contribution in [2.24, 2.45) is 10.2 Å². The van der Waals surface area contributed by atoms with Crippen molar-refractivity contribution in [3.63, 3.8) is 0 Å². The van der Waals surface area contributed by atoms with Crippen LogP contribution in [0.1, 0.15) is 12.5 Å². The van der Waals surface area contributed by atoms with Crippen LogP contribution in [0.15, 0.2) is 58.8 Å². The summed E-state index contributed by atoms with van der Waals surface area (Å²) in [6.07, 6.45) is -0.727. The predicted molar refractivity (Wildman–Crippen MR) is 93.5 cm³/mol. The number of fused-ring (bicyclic) bond motifs is 1. The molecule has 2 aromatic carbocycles. The zero-order valence-corrected chi connectivity index (χ0v) is 13.5. The molecule has 3 aromatic rings. The smallest absolute Gasteiger partial charge is 0.304 e. The van der Waals surface area contributed by atoms with Crippen molar-refractivity contribution in [1.29, 1.82) is 0 Å². The second-order valence-electron chi connectivity index (χ2n) is 5.54. The van der Waals surface area contributed by atoms with Gasteiger partial charge in [-0.15, -0.1) is 10.2 Å². The topological polar surface area (TPSA) is 92.8 Å². The number of nitrogens with one attached hydrogen (secondary N) is 1. The molecule has 3 N–H and O–H groups in total. The van der Waals surface area contributed by atoms with Gasteiger partial charge in [-0.3, -0.25) is 4.79 Å². The first kappa shape index (κ1) is 15.7. The number of rotatable bonds is 4. The number of benzene rings is 2. The standard InChI is InChI=1S/C18H18N4O2/c1-11-7-9-13(10-8-11)24-12(2)18(23)22-21-17-15-6-4-3-5-14(15)16(19)20-17/h3-10,12,20H,19H2,1-2H3. The summed E-state index contributed by atoms with van der Waals surface area (Å²) >= 11 is 0. The summed E-state index contributed by atoms with van der Waals surface area (Å²) < 4.78 is 5.57. The lowest BCUT2D eigenvalue weighted by atomic mass is 10.2. The van der Waals surface area contributed by atoms with Crippen molar-refractivity contribution in [3.8, 4) is 5.75 Å². The summed E-state index contributed by atoms with van der Waals surface area (Å²) in [6.45, 7) is 3.63. The van der Waals surface area contributed by atoms with E-state index in [-0.39, 0.29) is 0 Å². The number of hydrogen-bond donors (Lipinski definition) is 2. The largest absolute Gasteiger partial charge is 0.481 e. The second-order valence-corrected chi connectivity index (χ2v) is 5.54. The van der Waals surface area contributed by atoms with E-state index in [1.54, 1.807) is 6.92 Å². The van der Waals surface area contributed by atoms with Crippen LogP contribution < -0.4 is 10.5 Å². The van der Waals surface area contributed by atoms with Crippen LogP contribution in [0.3, 0.4) is 0 Å². The molecule has 1 atom stereocenters. The highest BCUT2D eigenvalue weighted by Gasteiger charge is 2.15. The zero-order valence-electron chi connectivity index (χ0n) is 13.5. The van der Waals surface area contributed by atoms with E-state index in [0.717, 1.165) is 16.3 Å². The highest BCUT2D eigenvalue weighted by molar-refractivity contribution is 5.99. The van der Waals surface area contributed by atoms with Crippen molar-refractivity contribution in [1.82, 2.24) is 4.98 Å². The van der Waals surface area contributed by atoms with E-state index in [1.807, 2.05) is 55.5 Å². The normalized spacial score (nSPS) is 12.6. The number of azo groups is 1. The van der Waals surface area contributed by atoms with E-state index in [2.05, 4.69) is 15.2 Å². The Morgan fingerprint density at radius 2 is 1.79 bits per heavy atom. The van der Waals surface area contributed by atoms with E-state index in [9.17, 15) is 4.79 Å². The molecule has 0 radical (unpaired) electrons. The van der Waals surface area contributed by atoms with Gasteiger partial charge in [0, 0.05) is 10.8 Å². The third kappa shape index (κ3) is 3.27. The van der Waals surface area contributed by atoms with Crippen LogP contribution in [0.5, 0.6) is 5.75 Å². The van der Waals surface area contributed by atoms with Crippen LogP contribution in [0.4, 0.5) is 11.6 Å². The average Bonchev–Trinajstić information content (AvgIpc) is 2.91. The monoisotopic (exact) mass is 322 g/mol. The Labute approximate surface area is 139 Å². The summed E-state index contributed by atoms with van der Waals surface area (Å²) in [5.41, 5.74) is 7.01. The molecule has 1 amide bonds. The third-order valence-electron chi connectivity index (χ3n) is 3.66.